The standard InChI is InChI=1S/C19H34N8O10/c1-8(29)14(18(36)37)27-17(35)11(7-28)26-15(33)9(3-2-4-23-19(21)22)25-16(34)10(5-13(31)32)24-12(30)6-20/h8-11,14,28-29H,2-7,20H2,1H3,(H,24,30)(H,25,34)(H,26,33)(H,27,35)(H,31,32)(H,36,37)(H4,21,22,23)/t8-,9+,10+,11+,14+/m1/s1. The average molecular weight is 535 g/mol. The van der Waals surface area contributed by atoms with Gasteiger partial charge in [-0.25, -0.2) is 4.79 Å². The fourth-order valence-corrected chi connectivity index (χ4v) is 2.79. The first-order chi connectivity index (χ1) is 17.2. The maximum absolute atomic E-state index is 12.9. The number of hydrogen-bond donors (Lipinski definition) is 11. The van der Waals surface area contributed by atoms with Gasteiger partial charge in [-0.1, -0.05) is 0 Å². The summed E-state index contributed by atoms with van der Waals surface area (Å²) in [6.45, 7) is -0.386. The number of aliphatic hydroxyl groups is 2. The Morgan fingerprint density at radius 1 is 0.865 bits per heavy atom. The van der Waals surface area contributed by atoms with Gasteiger partial charge >= 0.3 is 11.9 Å². The van der Waals surface area contributed by atoms with E-state index < -0.39 is 85.4 Å². The van der Waals surface area contributed by atoms with Crippen molar-refractivity contribution in [2.45, 2.75) is 56.5 Å². The van der Waals surface area contributed by atoms with Gasteiger partial charge in [-0.2, -0.15) is 0 Å². The van der Waals surface area contributed by atoms with Crippen LogP contribution in [-0.4, -0.2) is 112 Å². The third-order valence-corrected chi connectivity index (χ3v) is 4.66. The second-order valence-electron chi connectivity index (χ2n) is 7.74. The Morgan fingerprint density at radius 3 is 1.86 bits per heavy atom. The number of carboxylic acid groups (broad SMARTS) is 2. The zero-order valence-corrected chi connectivity index (χ0v) is 20.0. The van der Waals surface area contributed by atoms with Gasteiger partial charge in [-0.15, -0.1) is 0 Å². The summed E-state index contributed by atoms with van der Waals surface area (Å²) < 4.78 is 0. The fraction of sp³-hybridized carbons (Fsp3) is 0.632. The van der Waals surface area contributed by atoms with Crippen molar-refractivity contribution in [1.29, 1.82) is 0 Å². The lowest BCUT2D eigenvalue weighted by atomic mass is 10.1. The molecule has 14 N–H and O–H groups in total. The minimum absolute atomic E-state index is 0.0308. The number of nitrogens with zero attached hydrogens (tertiary/aromatic N) is 1. The van der Waals surface area contributed by atoms with Crippen molar-refractivity contribution in [3.05, 3.63) is 0 Å². The van der Waals surface area contributed by atoms with E-state index in [0.717, 1.165) is 6.92 Å². The normalized spacial score (nSPS) is 14.6. The molecule has 0 aromatic rings. The molecule has 5 atom stereocenters. The van der Waals surface area contributed by atoms with E-state index in [4.69, 9.17) is 27.4 Å². The van der Waals surface area contributed by atoms with E-state index in [1.807, 2.05) is 5.32 Å². The summed E-state index contributed by atoms with van der Waals surface area (Å²) in [5.74, 6) is -7.30. The van der Waals surface area contributed by atoms with Crippen molar-refractivity contribution in [3.8, 4) is 0 Å². The summed E-state index contributed by atoms with van der Waals surface area (Å²) in [4.78, 5) is 75.5. The largest absolute Gasteiger partial charge is 0.481 e. The van der Waals surface area contributed by atoms with Gasteiger partial charge in [0.2, 0.25) is 23.6 Å². The van der Waals surface area contributed by atoms with Gasteiger partial charge in [0.05, 0.1) is 25.7 Å². The number of nitrogens with two attached hydrogens (primary N) is 3. The van der Waals surface area contributed by atoms with Crippen LogP contribution in [0.3, 0.4) is 0 Å². The van der Waals surface area contributed by atoms with E-state index in [0.29, 0.717) is 0 Å². The van der Waals surface area contributed by atoms with Crippen LogP contribution in [0.4, 0.5) is 0 Å². The summed E-state index contributed by atoms with van der Waals surface area (Å²) in [7, 11) is 0. The number of carboxylic acids is 2. The molecule has 37 heavy (non-hydrogen) atoms. The molecule has 0 bridgehead atoms. The number of hydrogen-bond acceptors (Lipinski definition) is 10. The van der Waals surface area contributed by atoms with Gasteiger partial charge in [-0.3, -0.25) is 29.0 Å². The molecule has 0 aliphatic rings. The maximum atomic E-state index is 12.9. The van der Waals surface area contributed by atoms with Gasteiger partial charge in [0.25, 0.3) is 0 Å². The monoisotopic (exact) mass is 534 g/mol. The smallest absolute Gasteiger partial charge is 0.328 e. The van der Waals surface area contributed by atoms with Gasteiger partial charge in [-0.05, 0) is 19.8 Å². The third-order valence-electron chi connectivity index (χ3n) is 4.66. The van der Waals surface area contributed by atoms with Crippen molar-refractivity contribution in [2.75, 3.05) is 19.7 Å². The Morgan fingerprint density at radius 2 is 1.41 bits per heavy atom. The van der Waals surface area contributed by atoms with E-state index in [2.05, 4.69) is 20.9 Å². The highest BCUT2D eigenvalue weighted by atomic mass is 16.4. The fourth-order valence-electron chi connectivity index (χ4n) is 2.79. The molecule has 0 aromatic carbocycles. The van der Waals surface area contributed by atoms with Gasteiger partial charge in [0, 0.05) is 6.54 Å². The van der Waals surface area contributed by atoms with Crippen LogP contribution in [0.2, 0.25) is 0 Å². The zero-order chi connectivity index (χ0) is 28.7. The third kappa shape index (κ3) is 13.0. The van der Waals surface area contributed by atoms with E-state index >= 15 is 0 Å². The molecule has 0 saturated carbocycles. The highest BCUT2D eigenvalue weighted by Gasteiger charge is 2.32. The molecular formula is C19H34N8O10. The Balaban J connectivity index is 5.68. The summed E-state index contributed by atoms with van der Waals surface area (Å²) in [5.41, 5.74) is 15.6. The highest BCUT2D eigenvalue weighted by molar-refractivity contribution is 5.96. The number of rotatable bonds is 17. The van der Waals surface area contributed by atoms with Crippen LogP contribution in [0.1, 0.15) is 26.2 Å². The van der Waals surface area contributed by atoms with E-state index in [1.165, 1.54) is 0 Å². The molecule has 0 aliphatic heterocycles. The quantitative estimate of drug-likeness (QED) is 0.0470. The van der Waals surface area contributed by atoms with Gasteiger partial charge in [0.15, 0.2) is 12.0 Å². The molecule has 0 heterocycles. The minimum atomic E-state index is -1.74. The molecule has 0 radical (unpaired) electrons. The molecule has 4 amide bonds. The van der Waals surface area contributed by atoms with Crippen molar-refractivity contribution in [1.82, 2.24) is 21.3 Å². The number of carbonyl (C=O) groups is 6. The van der Waals surface area contributed by atoms with Crippen LogP contribution in [0, 0.1) is 0 Å². The van der Waals surface area contributed by atoms with Crippen LogP contribution in [0.15, 0.2) is 4.99 Å². The Kier molecular flexibility index (Phi) is 14.8. The first kappa shape index (κ1) is 33.0. The zero-order valence-electron chi connectivity index (χ0n) is 20.0. The number of nitrogens with one attached hydrogen (secondary N) is 4. The summed E-state index contributed by atoms with van der Waals surface area (Å²) >= 11 is 0. The minimum Gasteiger partial charge on any atom is -0.481 e. The van der Waals surface area contributed by atoms with E-state index in [1.54, 1.807) is 0 Å². The number of aliphatic hydroxyl groups excluding tert-OH is 2. The van der Waals surface area contributed by atoms with Crippen LogP contribution in [-0.2, 0) is 28.8 Å². The summed E-state index contributed by atoms with van der Waals surface area (Å²) in [5, 5.41) is 45.6. The Bertz CT molecular complexity index is 862. The number of carbonyl (C=O) groups excluding carboxylic acids is 4. The van der Waals surface area contributed by atoms with E-state index in [9.17, 15) is 39.0 Å². The topological polar surface area (TPSA) is 322 Å². The molecule has 0 rings (SSSR count). The molecule has 210 valence electrons. The Hall–Kier alpha value is -4.03. The second kappa shape index (κ2) is 16.6. The number of guanidine groups is 1. The van der Waals surface area contributed by atoms with Gasteiger partial charge < -0.3 is 58.9 Å². The Labute approximate surface area is 211 Å². The number of amides is 4. The van der Waals surface area contributed by atoms with Crippen LogP contribution in [0.25, 0.3) is 0 Å². The average Bonchev–Trinajstić information content (AvgIpc) is 2.80. The van der Waals surface area contributed by atoms with Crippen LogP contribution < -0.4 is 38.5 Å². The van der Waals surface area contributed by atoms with Crippen molar-refractivity contribution in [2.24, 2.45) is 22.2 Å². The van der Waals surface area contributed by atoms with E-state index in [-0.39, 0.29) is 25.3 Å². The number of aliphatic carboxylic acids is 2. The summed E-state index contributed by atoms with van der Waals surface area (Å²) in [6.07, 6.45) is -2.36. The van der Waals surface area contributed by atoms with Crippen molar-refractivity contribution < 1.29 is 49.2 Å². The molecule has 0 fully saturated rings. The molecule has 18 heteroatoms. The molecule has 0 aliphatic carbocycles. The molecule has 0 saturated heterocycles. The molecule has 0 spiro atoms. The maximum Gasteiger partial charge on any atom is 0.328 e. The first-order valence-corrected chi connectivity index (χ1v) is 10.9. The number of aliphatic imine (C=N–C) groups is 1. The predicted molar refractivity (Wildman–Crippen MR) is 125 cm³/mol. The lowest BCUT2D eigenvalue weighted by Crippen LogP contribution is -2.59. The SMILES string of the molecule is C[C@@H](O)[C@H](NC(=O)[C@H](CO)NC(=O)[C@H](CCCN=C(N)N)NC(=O)[C@H](CC(=O)O)NC(=O)CN)C(=O)O. The molecular weight excluding hydrogens is 500 g/mol. The molecule has 0 unspecified atom stereocenters. The first-order valence-electron chi connectivity index (χ1n) is 10.9. The second-order valence-corrected chi connectivity index (χ2v) is 7.74. The lowest BCUT2D eigenvalue weighted by Gasteiger charge is -2.25. The molecule has 18 nitrogen and oxygen atoms in total. The summed E-state index contributed by atoms with van der Waals surface area (Å²) in [6, 6.07) is -6.45. The van der Waals surface area contributed by atoms with Gasteiger partial charge in [0.1, 0.15) is 18.1 Å². The van der Waals surface area contributed by atoms with Crippen LogP contribution >= 0.6 is 0 Å². The molecule has 0 aromatic heterocycles. The predicted octanol–water partition coefficient (Wildman–Crippen LogP) is -6.13. The lowest BCUT2D eigenvalue weighted by molar-refractivity contribution is -0.145. The highest BCUT2D eigenvalue weighted by Crippen LogP contribution is 2.03. The van der Waals surface area contributed by atoms with Crippen molar-refractivity contribution in [3.63, 3.8) is 0 Å². The van der Waals surface area contributed by atoms with Crippen LogP contribution in [0.5, 0.6) is 0 Å². The van der Waals surface area contributed by atoms with Crippen molar-refractivity contribution >= 4 is 41.5 Å².